The predicted molar refractivity (Wildman–Crippen MR) is 37.5 cm³/mol. The molecule has 0 N–H and O–H groups in total. The number of nitrogens with zero attached hydrogens (tertiary/aromatic N) is 1. The fourth-order valence-corrected chi connectivity index (χ4v) is 0.596. The summed E-state index contributed by atoms with van der Waals surface area (Å²) >= 11 is 0. The number of hydrogen-bond acceptors (Lipinski definition) is 1. The summed E-state index contributed by atoms with van der Waals surface area (Å²) in [5, 5.41) is 0. The van der Waals surface area contributed by atoms with E-state index in [-0.39, 0.29) is 0 Å². The summed E-state index contributed by atoms with van der Waals surface area (Å²) in [6, 6.07) is 1.13. The van der Waals surface area contributed by atoms with Crippen LogP contribution in [0, 0.1) is 7.05 Å². The molecular weight excluding hydrogens is 98.1 g/mol. The third-order valence-electron chi connectivity index (χ3n) is 1.33. The zero-order valence-electron chi connectivity index (χ0n) is 6.31. The minimum absolute atomic E-state index is 0.565. The van der Waals surface area contributed by atoms with Crippen molar-refractivity contribution in [3.8, 4) is 0 Å². The second-order valence-corrected chi connectivity index (χ2v) is 2.70. The molecule has 1 heteroatoms. The molecule has 0 aliphatic carbocycles. The average Bonchev–Trinajstić information content (AvgIpc) is 1.64. The first-order valence-corrected chi connectivity index (χ1v) is 3.14. The van der Waals surface area contributed by atoms with E-state index in [1.165, 1.54) is 0 Å². The Morgan fingerprint density at radius 1 is 1.00 bits per heavy atom. The van der Waals surface area contributed by atoms with Crippen LogP contribution in [0.1, 0.15) is 27.7 Å². The van der Waals surface area contributed by atoms with Gasteiger partial charge in [0.15, 0.2) is 0 Å². The fraction of sp³-hybridized carbons (Fsp3) is 0.857. The van der Waals surface area contributed by atoms with E-state index in [0.29, 0.717) is 12.1 Å². The molecule has 0 bridgehead atoms. The minimum Gasteiger partial charge on any atom is -0.455 e. The Balaban J connectivity index is 3.46. The Hall–Kier alpha value is -0.0400. The summed E-state index contributed by atoms with van der Waals surface area (Å²) in [6.45, 7) is 8.58. The van der Waals surface area contributed by atoms with Gasteiger partial charge in [-0.1, -0.05) is 27.7 Å². The minimum atomic E-state index is 0.565. The molecular formula is C7H16N-. The molecule has 0 unspecified atom stereocenters. The van der Waals surface area contributed by atoms with Crippen LogP contribution in [0.5, 0.6) is 0 Å². The van der Waals surface area contributed by atoms with E-state index in [9.17, 15) is 0 Å². The van der Waals surface area contributed by atoms with Crippen molar-refractivity contribution in [1.29, 1.82) is 0 Å². The van der Waals surface area contributed by atoms with Crippen molar-refractivity contribution in [2.45, 2.75) is 39.8 Å². The van der Waals surface area contributed by atoms with Crippen LogP contribution in [-0.4, -0.2) is 17.0 Å². The Kier molecular flexibility index (Phi) is 3.06. The molecule has 0 aromatic carbocycles. The molecule has 0 fully saturated rings. The summed E-state index contributed by atoms with van der Waals surface area (Å²) in [5.74, 6) is 0. The zero-order valence-corrected chi connectivity index (χ0v) is 6.31. The second-order valence-electron chi connectivity index (χ2n) is 2.70. The van der Waals surface area contributed by atoms with E-state index in [0.717, 1.165) is 0 Å². The van der Waals surface area contributed by atoms with Gasteiger partial charge in [-0.25, -0.2) is 0 Å². The molecule has 0 rings (SSSR count). The Bertz CT molecular complexity index is 49.4. The van der Waals surface area contributed by atoms with Gasteiger partial charge in [0.1, 0.15) is 0 Å². The van der Waals surface area contributed by atoms with E-state index >= 15 is 0 Å². The topological polar surface area (TPSA) is 3.24 Å². The highest BCUT2D eigenvalue weighted by Crippen LogP contribution is 2.00. The summed E-state index contributed by atoms with van der Waals surface area (Å²) < 4.78 is 0. The van der Waals surface area contributed by atoms with E-state index in [2.05, 4.69) is 39.6 Å². The maximum absolute atomic E-state index is 3.87. The first-order valence-electron chi connectivity index (χ1n) is 3.14. The summed E-state index contributed by atoms with van der Waals surface area (Å²) in [7, 11) is 3.87. The molecule has 0 heterocycles. The van der Waals surface area contributed by atoms with Crippen LogP contribution in [0.2, 0.25) is 0 Å². The van der Waals surface area contributed by atoms with Gasteiger partial charge in [0.2, 0.25) is 0 Å². The Morgan fingerprint density at radius 2 is 1.25 bits per heavy atom. The highest BCUT2D eigenvalue weighted by atomic mass is 15.1. The summed E-state index contributed by atoms with van der Waals surface area (Å²) in [6.07, 6.45) is 0. The molecule has 0 aromatic rings. The number of rotatable bonds is 2. The van der Waals surface area contributed by atoms with E-state index in [1.54, 1.807) is 0 Å². The molecule has 8 heavy (non-hydrogen) atoms. The van der Waals surface area contributed by atoms with Crippen molar-refractivity contribution in [1.82, 2.24) is 4.90 Å². The van der Waals surface area contributed by atoms with Crippen LogP contribution in [0.4, 0.5) is 0 Å². The number of hydrogen-bond donors (Lipinski definition) is 0. The van der Waals surface area contributed by atoms with Gasteiger partial charge in [-0.3, -0.25) is 7.05 Å². The molecule has 0 aromatic heterocycles. The molecule has 50 valence electrons. The normalized spacial score (nSPS) is 12.0. The van der Waals surface area contributed by atoms with Crippen LogP contribution in [0.3, 0.4) is 0 Å². The van der Waals surface area contributed by atoms with Crippen LogP contribution < -0.4 is 0 Å². The fourth-order valence-electron chi connectivity index (χ4n) is 0.596. The van der Waals surface area contributed by atoms with Gasteiger partial charge in [-0.2, -0.15) is 0 Å². The van der Waals surface area contributed by atoms with Crippen molar-refractivity contribution in [2.75, 3.05) is 0 Å². The molecule has 0 atom stereocenters. The third-order valence-corrected chi connectivity index (χ3v) is 1.33. The quantitative estimate of drug-likeness (QED) is 0.495. The lowest BCUT2D eigenvalue weighted by molar-refractivity contribution is 0.251. The van der Waals surface area contributed by atoms with Gasteiger partial charge in [0, 0.05) is 0 Å². The van der Waals surface area contributed by atoms with Crippen LogP contribution >= 0.6 is 0 Å². The molecule has 0 saturated carbocycles. The summed E-state index contributed by atoms with van der Waals surface area (Å²) in [5.41, 5.74) is 0. The average molecular weight is 114 g/mol. The standard InChI is InChI=1S/C7H16N/c1-6(2)8(5)7(3)4/h6-7H,5H2,1-4H3/q-1. The molecule has 0 aliphatic heterocycles. The predicted octanol–water partition coefficient (Wildman–Crippen LogP) is 1.90. The second kappa shape index (κ2) is 3.08. The Morgan fingerprint density at radius 3 is 1.25 bits per heavy atom. The zero-order chi connectivity index (χ0) is 6.73. The van der Waals surface area contributed by atoms with Crippen LogP contribution in [0.15, 0.2) is 0 Å². The Labute approximate surface area is 52.7 Å². The van der Waals surface area contributed by atoms with Crippen LogP contribution in [-0.2, 0) is 0 Å². The van der Waals surface area contributed by atoms with Crippen LogP contribution in [0.25, 0.3) is 0 Å². The van der Waals surface area contributed by atoms with Gasteiger partial charge in [-0.15, -0.1) is 0 Å². The molecule has 0 saturated heterocycles. The van der Waals surface area contributed by atoms with Gasteiger partial charge in [0.25, 0.3) is 0 Å². The SMILES string of the molecule is [CH2-]N(C(C)C)C(C)C. The van der Waals surface area contributed by atoms with Crippen molar-refractivity contribution in [3.05, 3.63) is 7.05 Å². The van der Waals surface area contributed by atoms with Crippen molar-refractivity contribution in [2.24, 2.45) is 0 Å². The largest absolute Gasteiger partial charge is 0.455 e. The highest BCUT2D eigenvalue weighted by Gasteiger charge is 1.98. The summed E-state index contributed by atoms with van der Waals surface area (Å²) in [4.78, 5) is 2.08. The monoisotopic (exact) mass is 114 g/mol. The van der Waals surface area contributed by atoms with Gasteiger partial charge in [0.05, 0.1) is 0 Å². The maximum atomic E-state index is 3.87. The molecule has 0 aliphatic rings. The lowest BCUT2D eigenvalue weighted by Crippen LogP contribution is -2.30. The van der Waals surface area contributed by atoms with Crippen molar-refractivity contribution in [3.63, 3.8) is 0 Å². The molecule has 1 nitrogen and oxygen atoms in total. The highest BCUT2D eigenvalue weighted by molar-refractivity contribution is 4.64. The first-order chi connectivity index (χ1) is 3.55. The maximum Gasteiger partial charge on any atom is -0.0241 e. The van der Waals surface area contributed by atoms with Gasteiger partial charge in [-0.05, 0) is 12.1 Å². The smallest absolute Gasteiger partial charge is 0.0241 e. The van der Waals surface area contributed by atoms with E-state index in [4.69, 9.17) is 0 Å². The van der Waals surface area contributed by atoms with Crippen molar-refractivity contribution >= 4 is 0 Å². The molecule has 0 radical (unpaired) electrons. The van der Waals surface area contributed by atoms with E-state index < -0.39 is 0 Å². The van der Waals surface area contributed by atoms with Gasteiger partial charge >= 0.3 is 0 Å². The van der Waals surface area contributed by atoms with E-state index in [1.807, 2.05) is 0 Å². The van der Waals surface area contributed by atoms with Gasteiger partial charge < -0.3 is 4.90 Å². The van der Waals surface area contributed by atoms with Crippen molar-refractivity contribution < 1.29 is 0 Å². The molecule has 0 amide bonds. The lowest BCUT2D eigenvalue weighted by Gasteiger charge is -2.33. The lowest BCUT2D eigenvalue weighted by atomic mass is 10.3. The molecule has 0 spiro atoms. The third kappa shape index (κ3) is 2.31. The first kappa shape index (κ1) is 7.96.